The molecular weight excluding hydrogens is 570 g/mol. The number of nitrogens with zero attached hydrogens (tertiary/aromatic N) is 2. The Hall–Kier alpha value is -3.65. The van der Waals surface area contributed by atoms with Gasteiger partial charge in [-0.1, -0.05) is 91.6 Å². The first-order valence-electron chi connectivity index (χ1n) is 15.8. The molecule has 0 aliphatic heterocycles. The van der Waals surface area contributed by atoms with Crippen LogP contribution in [0, 0.1) is 20.8 Å². The Balaban J connectivity index is 1.60. The van der Waals surface area contributed by atoms with Gasteiger partial charge in [-0.25, -0.2) is 8.42 Å². The molecule has 236 valence electrons. The summed E-state index contributed by atoms with van der Waals surface area (Å²) >= 11 is 0. The molecule has 0 saturated heterocycles. The number of benzene rings is 3. The molecule has 1 fully saturated rings. The van der Waals surface area contributed by atoms with E-state index in [4.69, 9.17) is 0 Å². The zero-order valence-electron chi connectivity index (χ0n) is 26.6. The van der Waals surface area contributed by atoms with Crippen molar-refractivity contribution in [3.05, 3.63) is 101 Å². The van der Waals surface area contributed by atoms with Crippen LogP contribution in [0.3, 0.4) is 0 Å². The number of hydrogen-bond donors (Lipinski definition) is 1. The summed E-state index contributed by atoms with van der Waals surface area (Å²) in [6.45, 7) is 6.35. The van der Waals surface area contributed by atoms with Crippen LogP contribution in [0.1, 0.15) is 72.8 Å². The zero-order chi connectivity index (χ0) is 31.7. The number of rotatable bonds is 13. The lowest BCUT2D eigenvalue weighted by atomic mass is 9.94. The monoisotopic (exact) mass is 617 g/mol. The maximum atomic E-state index is 14.1. The van der Waals surface area contributed by atoms with Crippen molar-refractivity contribution in [3.8, 4) is 0 Å². The molecule has 0 radical (unpaired) electrons. The molecule has 3 aromatic rings. The van der Waals surface area contributed by atoms with E-state index in [1.165, 1.54) is 17.0 Å². The van der Waals surface area contributed by atoms with Crippen LogP contribution in [0.25, 0.3) is 0 Å². The lowest BCUT2D eigenvalue weighted by molar-refractivity contribution is -0.141. The number of carbonyl (C=O) groups is 2. The van der Waals surface area contributed by atoms with Crippen LogP contribution >= 0.6 is 0 Å². The lowest BCUT2D eigenvalue weighted by Gasteiger charge is -2.34. The average Bonchev–Trinajstić information content (AvgIpc) is 2.99. The highest BCUT2D eigenvalue weighted by atomic mass is 32.2. The van der Waals surface area contributed by atoms with E-state index in [2.05, 4.69) is 5.32 Å². The number of carbonyl (C=O) groups excluding carboxylic acids is 2. The first-order valence-corrected chi connectivity index (χ1v) is 17.6. The second kappa shape index (κ2) is 15.4. The van der Waals surface area contributed by atoms with Crippen molar-refractivity contribution >= 4 is 27.5 Å². The maximum absolute atomic E-state index is 14.1. The van der Waals surface area contributed by atoms with E-state index < -0.39 is 16.1 Å². The summed E-state index contributed by atoms with van der Waals surface area (Å²) in [5.41, 5.74) is 5.55. The van der Waals surface area contributed by atoms with Gasteiger partial charge in [0.2, 0.25) is 21.8 Å². The molecule has 1 aliphatic rings. The van der Waals surface area contributed by atoms with Crippen LogP contribution in [-0.2, 0) is 32.6 Å². The molecule has 7 nitrogen and oxygen atoms in total. The van der Waals surface area contributed by atoms with Gasteiger partial charge in [0, 0.05) is 32.0 Å². The van der Waals surface area contributed by atoms with Crippen molar-refractivity contribution < 1.29 is 18.0 Å². The minimum absolute atomic E-state index is 0.116. The predicted molar refractivity (Wildman–Crippen MR) is 178 cm³/mol. The Kier molecular flexibility index (Phi) is 11.6. The zero-order valence-corrected chi connectivity index (χ0v) is 27.4. The SMILES string of the molecule is Cc1cccc(CN(C(=O)CCCN(c2cccc(C)c2C)S(C)(=O)=O)C(Cc2ccccc2)C(=O)NC2CCCCC2)c1. The molecule has 4 rings (SSSR count). The van der Waals surface area contributed by atoms with E-state index in [0.29, 0.717) is 25.1 Å². The second-order valence-electron chi connectivity index (χ2n) is 12.2. The smallest absolute Gasteiger partial charge is 0.243 e. The molecule has 0 heterocycles. The summed E-state index contributed by atoms with van der Waals surface area (Å²) in [6.07, 6.45) is 7.32. The van der Waals surface area contributed by atoms with Gasteiger partial charge < -0.3 is 10.2 Å². The molecule has 3 aromatic carbocycles. The molecule has 1 aliphatic carbocycles. The third-order valence-electron chi connectivity index (χ3n) is 8.65. The molecular formula is C36H47N3O4S. The van der Waals surface area contributed by atoms with E-state index in [1.54, 1.807) is 11.0 Å². The van der Waals surface area contributed by atoms with Gasteiger partial charge in [0.1, 0.15) is 6.04 Å². The van der Waals surface area contributed by atoms with Gasteiger partial charge in [0.15, 0.2) is 0 Å². The Labute approximate surface area is 263 Å². The van der Waals surface area contributed by atoms with Crippen LogP contribution in [0.15, 0.2) is 72.8 Å². The summed E-state index contributed by atoms with van der Waals surface area (Å²) in [5, 5.41) is 3.28. The number of aryl methyl sites for hydroxylation is 2. The van der Waals surface area contributed by atoms with Crippen LogP contribution < -0.4 is 9.62 Å². The first-order chi connectivity index (χ1) is 21.0. The summed E-state index contributed by atoms with van der Waals surface area (Å²) in [7, 11) is -3.57. The number of amides is 2. The largest absolute Gasteiger partial charge is 0.352 e. The normalized spacial score (nSPS) is 14.5. The highest BCUT2D eigenvalue weighted by Crippen LogP contribution is 2.26. The number of nitrogens with one attached hydrogen (secondary N) is 1. The fraction of sp³-hybridized carbons (Fsp3) is 0.444. The van der Waals surface area contributed by atoms with Crippen molar-refractivity contribution in [1.82, 2.24) is 10.2 Å². The Morgan fingerprint density at radius 3 is 2.25 bits per heavy atom. The minimum atomic E-state index is -3.57. The fourth-order valence-corrected chi connectivity index (χ4v) is 7.11. The van der Waals surface area contributed by atoms with Crippen LogP contribution in [0.2, 0.25) is 0 Å². The molecule has 8 heteroatoms. The molecule has 0 aromatic heterocycles. The van der Waals surface area contributed by atoms with Crippen molar-refractivity contribution in [2.75, 3.05) is 17.1 Å². The fourth-order valence-electron chi connectivity index (χ4n) is 6.09. The maximum Gasteiger partial charge on any atom is 0.243 e. The van der Waals surface area contributed by atoms with Crippen LogP contribution in [0.4, 0.5) is 5.69 Å². The van der Waals surface area contributed by atoms with Gasteiger partial charge in [0.25, 0.3) is 0 Å². The van der Waals surface area contributed by atoms with Gasteiger partial charge in [-0.05, 0) is 68.4 Å². The quantitative estimate of drug-likeness (QED) is 0.246. The molecule has 1 unspecified atom stereocenters. The van der Waals surface area contributed by atoms with E-state index in [0.717, 1.165) is 53.5 Å². The molecule has 2 amide bonds. The van der Waals surface area contributed by atoms with Crippen molar-refractivity contribution in [2.24, 2.45) is 0 Å². The van der Waals surface area contributed by atoms with Gasteiger partial charge in [0.05, 0.1) is 11.9 Å². The Bertz CT molecular complexity index is 1520. The van der Waals surface area contributed by atoms with E-state index in [-0.39, 0.29) is 30.8 Å². The third-order valence-corrected chi connectivity index (χ3v) is 9.83. The minimum Gasteiger partial charge on any atom is -0.352 e. The Morgan fingerprint density at radius 1 is 0.886 bits per heavy atom. The van der Waals surface area contributed by atoms with Crippen molar-refractivity contribution in [1.29, 1.82) is 0 Å². The van der Waals surface area contributed by atoms with E-state index in [1.807, 2.05) is 87.5 Å². The van der Waals surface area contributed by atoms with Gasteiger partial charge in [-0.2, -0.15) is 0 Å². The van der Waals surface area contributed by atoms with Crippen LogP contribution in [-0.4, -0.2) is 50.0 Å². The lowest BCUT2D eigenvalue weighted by Crippen LogP contribution is -2.53. The first kappa shape index (κ1) is 33.2. The van der Waals surface area contributed by atoms with Crippen LogP contribution in [0.5, 0.6) is 0 Å². The van der Waals surface area contributed by atoms with Gasteiger partial charge >= 0.3 is 0 Å². The molecule has 0 spiro atoms. The molecule has 1 saturated carbocycles. The average molecular weight is 618 g/mol. The van der Waals surface area contributed by atoms with Crippen molar-refractivity contribution in [3.63, 3.8) is 0 Å². The van der Waals surface area contributed by atoms with Crippen molar-refractivity contribution in [2.45, 2.75) is 90.8 Å². The third kappa shape index (κ3) is 9.18. The highest BCUT2D eigenvalue weighted by Gasteiger charge is 2.32. The summed E-state index contributed by atoms with van der Waals surface area (Å²) in [5.74, 6) is -0.296. The standard InChI is InChI=1S/C36H47N3O4S/c1-27-14-11-18-31(24-27)26-38(34(25-30-16-7-5-8-17-30)36(41)37-32-19-9-6-10-20-32)35(40)22-13-23-39(44(4,42)43)33-21-12-15-28(2)29(33)3/h5,7-8,11-12,14-18,21,24,32,34H,6,9-10,13,19-20,22-23,25-26H2,1-4H3,(H,37,41). The van der Waals surface area contributed by atoms with E-state index >= 15 is 0 Å². The number of hydrogen-bond acceptors (Lipinski definition) is 4. The highest BCUT2D eigenvalue weighted by molar-refractivity contribution is 7.92. The summed E-state index contributed by atoms with van der Waals surface area (Å²) < 4.78 is 27.1. The second-order valence-corrected chi connectivity index (χ2v) is 14.1. The molecule has 44 heavy (non-hydrogen) atoms. The predicted octanol–water partition coefficient (Wildman–Crippen LogP) is 6.25. The van der Waals surface area contributed by atoms with E-state index in [9.17, 15) is 18.0 Å². The summed E-state index contributed by atoms with van der Waals surface area (Å²) in [6, 6.07) is 22.9. The molecule has 1 atom stereocenters. The molecule has 0 bridgehead atoms. The van der Waals surface area contributed by atoms with Gasteiger partial charge in [-0.3, -0.25) is 13.9 Å². The molecule has 1 N–H and O–H groups in total. The summed E-state index contributed by atoms with van der Waals surface area (Å²) in [4.78, 5) is 29.8. The number of anilines is 1. The topological polar surface area (TPSA) is 86.8 Å². The van der Waals surface area contributed by atoms with Gasteiger partial charge in [-0.15, -0.1) is 0 Å². The number of sulfonamides is 1. The Morgan fingerprint density at radius 2 is 1.57 bits per heavy atom.